The van der Waals surface area contributed by atoms with Crippen molar-refractivity contribution in [2.75, 3.05) is 0 Å². The van der Waals surface area contributed by atoms with Gasteiger partial charge < -0.3 is 9.51 Å². The molecule has 0 atom stereocenters. The van der Waals surface area contributed by atoms with Gasteiger partial charge in [0.05, 0.1) is 5.69 Å². The second-order valence-electron chi connectivity index (χ2n) is 5.02. The summed E-state index contributed by atoms with van der Waals surface area (Å²) in [6, 6.07) is 6.46. The number of hydrogen-bond acceptors (Lipinski definition) is 2. The van der Waals surface area contributed by atoms with Gasteiger partial charge in [-0.3, -0.25) is 0 Å². The fourth-order valence-corrected chi connectivity index (χ4v) is 2.98. The van der Waals surface area contributed by atoms with Crippen LogP contribution in [0.3, 0.4) is 0 Å². The number of H-pyrrole nitrogens is 1. The molecule has 1 N–H and O–H groups in total. The topological polar surface area (TPSA) is 41.8 Å². The number of aromatic amines is 1. The van der Waals surface area contributed by atoms with Gasteiger partial charge in [-0.25, -0.2) is 0 Å². The number of nitrogens with one attached hydrogen (secondary N) is 1. The van der Waals surface area contributed by atoms with E-state index in [1.165, 1.54) is 27.6 Å². The van der Waals surface area contributed by atoms with Gasteiger partial charge in [-0.2, -0.15) is 0 Å². The van der Waals surface area contributed by atoms with Crippen molar-refractivity contribution in [1.82, 2.24) is 10.1 Å². The second-order valence-corrected chi connectivity index (χ2v) is 5.02. The number of aryl methyl sites for hydroxylation is 3. The van der Waals surface area contributed by atoms with E-state index in [1.807, 2.05) is 0 Å². The fraction of sp³-hybridized carbons (Fsp3) is 0.267. The zero-order valence-electron chi connectivity index (χ0n) is 10.3. The molecule has 0 spiro atoms. The summed E-state index contributed by atoms with van der Waals surface area (Å²) >= 11 is 0. The quantitative estimate of drug-likeness (QED) is 0.650. The molecule has 0 radical (unpaired) electrons. The minimum Gasteiger partial charge on any atom is -0.364 e. The van der Waals surface area contributed by atoms with E-state index in [1.54, 1.807) is 6.26 Å². The number of nitrogens with zero attached hydrogens (tertiary/aromatic N) is 1. The van der Waals surface area contributed by atoms with Gasteiger partial charge in [-0.05, 0) is 37.3 Å². The van der Waals surface area contributed by atoms with Crippen molar-refractivity contribution in [3.63, 3.8) is 0 Å². The van der Waals surface area contributed by atoms with Crippen molar-refractivity contribution < 1.29 is 4.52 Å². The van der Waals surface area contributed by atoms with Crippen LogP contribution >= 0.6 is 0 Å². The minimum absolute atomic E-state index is 0.998. The Hall–Kier alpha value is -2.03. The van der Waals surface area contributed by atoms with E-state index in [2.05, 4.69) is 35.3 Å². The Kier molecular flexibility index (Phi) is 1.92. The summed E-state index contributed by atoms with van der Waals surface area (Å²) in [5.41, 5.74) is 7.28. The van der Waals surface area contributed by atoms with Crippen molar-refractivity contribution >= 4 is 10.9 Å². The molecule has 0 saturated carbocycles. The van der Waals surface area contributed by atoms with E-state index >= 15 is 0 Å². The van der Waals surface area contributed by atoms with Gasteiger partial charge in [-0.15, -0.1) is 0 Å². The van der Waals surface area contributed by atoms with Crippen molar-refractivity contribution in [2.45, 2.75) is 26.2 Å². The van der Waals surface area contributed by atoms with E-state index in [4.69, 9.17) is 4.52 Å². The summed E-state index contributed by atoms with van der Waals surface area (Å²) in [6.45, 7) is 2.14. The van der Waals surface area contributed by atoms with E-state index in [0.29, 0.717) is 0 Å². The van der Waals surface area contributed by atoms with Crippen LogP contribution in [-0.4, -0.2) is 10.1 Å². The molecule has 2 aromatic heterocycles. The first-order valence-electron chi connectivity index (χ1n) is 6.38. The summed E-state index contributed by atoms with van der Waals surface area (Å²) in [6.07, 6.45) is 5.09. The average Bonchev–Trinajstić information content (AvgIpc) is 2.92. The maximum Gasteiger partial charge on any atom is 0.133 e. The molecule has 0 saturated heterocycles. The Morgan fingerprint density at radius 3 is 3.17 bits per heavy atom. The molecule has 18 heavy (non-hydrogen) atoms. The molecule has 0 unspecified atom stereocenters. The molecular weight excluding hydrogens is 224 g/mol. The highest BCUT2D eigenvalue weighted by Gasteiger charge is 2.22. The summed E-state index contributed by atoms with van der Waals surface area (Å²) in [5, 5.41) is 5.51. The van der Waals surface area contributed by atoms with Crippen molar-refractivity contribution in [2.24, 2.45) is 0 Å². The predicted octanol–water partition coefficient (Wildman–Crippen LogP) is 3.62. The molecule has 90 valence electrons. The summed E-state index contributed by atoms with van der Waals surface area (Å²) in [5.74, 6) is 0. The molecule has 0 fully saturated rings. The monoisotopic (exact) mass is 238 g/mol. The lowest BCUT2D eigenvalue weighted by molar-refractivity contribution is 0.420. The summed E-state index contributed by atoms with van der Waals surface area (Å²) in [7, 11) is 0. The van der Waals surface area contributed by atoms with Crippen LogP contribution in [0.25, 0.3) is 22.3 Å². The molecule has 2 heterocycles. The molecule has 0 aliphatic heterocycles. The summed E-state index contributed by atoms with van der Waals surface area (Å²) < 4.78 is 5.14. The second kappa shape index (κ2) is 3.48. The first-order chi connectivity index (χ1) is 8.84. The highest BCUT2D eigenvalue weighted by Crippen LogP contribution is 2.36. The molecule has 1 aromatic carbocycles. The van der Waals surface area contributed by atoms with Crippen LogP contribution in [-0.2, 0) is 12.8 Å². The lowest BCUT2D eigenvalue weighted by atomic mass is 10.0. The third kappa shape index (κ3) is 1.22. The summed E-state index contributed by atoms with van der Waals surface area (Å²) in [4.78, 5) is 3.54. The van der Waals surface area contributed by atoms with Crippen LogP contribution in [0.5, 0.6) is 0 Å². The first kappa shape index (κ1) is 9.95. The molecule has 1 aliphatic rings. The maximum atomic E-state index is 5.14. The van der Waals surface area contributed by atoms with E-state index in [-0.39, 0.29) is 0 Å². The Morgan fingerprint density at radius 1 is 1.28 bits per heavy atom. The average molecular weight is 238 g/mol. The third-order valence-electron chi connectivity index (χ3n) is 3.90. The third-order valence-corrected chi connectivity index (χ3v) is 3.90. The highest BCUT2D eigenvalue weighted by atomic mass is 16.5. The SMILES string of the molecule is Cc1cccc2c3c([nH]c12)-c1nocc1CCC3. The van der Waals surface area contributed by atoms with Gasteiger partial charge in [0.15, 0.2) is 0 Å². The molecule has 1 aliphatic carbocycles. The highest BCUT2D eigenvalue weighted by molar-refractivity contribution is 5.92. The van der Waals surface area contributed by atoms with Crippen LogP contribution in [0.1, 0.15) is 23.1 Å². The van der Waals surface area contributed by atoms with Crippen LogP contribution in [0, 0.1) is 6.92 Å². The number of hydrogen-bond donors (Lipinski definition) is 1. The molecule has 0 amide bonds. The van der Waals surface area contributed by atoms with Gasteiger partial charge in [-0.1, -0.05) is 23.4 Å². The zero-order chi connectivity index (χ0) is 12.1. The Morgan fingerprint density at radius 2 is 2.22 bits per heavy atom. The number of para-hydroxylation sites is 1. The van der Waals surface area contributed by atoms with Gasteiger partial charge in [0, 0.05) is 16.5 Å². The number of aromatic nitrogens is 2. The van der Waals surface area contributed by atoms with E-state index in [9.17, 15) is 0 Å². The largest absolute Gasteiger partial charge is 0.364 e. The molecular formula is C15H14N2O. The van der Waals surface area contributed by atoms with Gasteiger partial charge in [0.2, 0.25) is 0 Å². The van der Waals surface area contributed by atoms with E-state index < -0.39 is 0 Å². The molecule has 0 bridgehead atoms. The number of rotatable bonds is 0. The smallest absolute Gasteiger partial charge is 0.133 e. The fourth-order valence-electron chi connectivity index (χ4n) is 2.98. The number of benzene rings is 1. The van der Waals surface area contributed by atoms with Crippen LogP contribution in [0.15, 0.2) is 29.0 Å². The normalized spacial score (nSPS) is 14.3. The molecule has 3 nitrogen and oxygen atoms in total. The van der Waals surface area contributed by atoms with Crippen molar-refractivity contribution in [3.8, 4) is 11.4 Å². The van der Waals surface area contributed by atoms with Gasteiger partial charge in [0.1, 0.15) is 12.0 Å². The zero-order valence-corrected chi connectivity index (χ0v) is 10.3. The van der Waals surface area contributed by atoms with Crippen LogP contribution < -0.4 is 0 Å². The molecule has 3 heteroatoms. The Labute approximate surface area is 105 Å². The molecule has 3 aromatic rings. The van der Waals surface area contributed by atoms with Crippen molar-refractivity contribution in [3.05, 3.63) is 41.2 Å². The predicted molar refractivity (Wildman–Crippen MR) is 70.6 cm³/mol. The number of fused-ring (bicyclic) bond motifs is 5. The Bertz CT molecular complexity index is 736. The van der Waals surface area contributed by atoms with Gasteiger partial charge >= 0.3 is 0 Å². The van der Waals surface area contributed by atoms with Crippen molar-refractivity contribution in [1.29, 1.82) is 0 Å². The van der Waals surface area contributed by atoms with E-state index in [0.717, 1.165) is 30.7 Å². The van der Waals surface area contributed by atoms with Crippen LogP contribution in [0.2, 0.25) is 0 Å². The maximum absolute atomic E-state index is 5.14. The Balaban J connectivity index is 2.11. The standard InChI is InChI=1S/C15H14N2O/c1-9-4-2-6-11-12-7-3-5-10-8-18-17-14(10)15(12)16-13(9)11/h2,4,6,8,16H,3,5,7H2,1H3. The minimum atomic E-state index is 0.998. The lowest BCUT2D eigenvalue weighted by Gasteiger charge is -1.98. The lowest BCUT2D eigenvalue weighted by Crippen LogP contribution is -1.84. The van der Waals surface area contributed by atoms with Crippen LogP contribution in [0.4, 0.5) is 0 Å². The first-order valence-corrected chi connectivity index (χ1v) is 6.38. The van der Waals surface area contributed by atoms with Gasteiger partial charge in [0.25, 0.3) is 0 Å². The molecule has 4 rings (SSSR count).